The molecule has 5 heteroatoms. The van der Waals surface area contributed by atoms with Crippen LogP contribution in [0.5, 0.6) is 11.5 Å². The summed E-state index contributed by atoms with van der Waals surface area (Å²) in [6.07, 6.45) is 19.7. The van der Waals surface area contributed by atoms with Gasteiger partial charge in [0, 0.05) is 39.1 Å². The van der Waals surface area contributed by atoms with E-state index in [1.54, 1.807) is 0 Å². The van der Waals surface area contributed by atoms with Gasteiger partial charge in [-0.2, -0.15) is 0 Å². The summed E-state index contributed by atoms with van der Waals surface area (Å²) in [4.78, 5) is 4.77. The van der Waals surface area contributed by atoms with Crippen molar-refractivity contribution in [2.75, 3.05) is 40.4 Å². The molecule has 0 radical (unpaired) electrons. The van der Waals surface area contributed by atoms with E-state index in [-0.39, 0.29) is 12.5 Å². The van der Waals surface area contributed by atoms with E-state index in [1.807, 2.05) is 0 Å². The first-order valence-corrected chi connectivity index (χ1v) is 15.6. The Morgan fingerprint density at radius 2 is 1.03 bits per heavy atom. The molecule has 1 aliphatic rings. The first kappa shape index (κ1) is 31.9. The maximum Gasteiger partial charge on any atom is 0.163 e. The summed E-state index contributed by atoms with van der Waals surface area (Å²) >= 11 is 0. The van der Waals surface area contributed by atoms with Crippen molar-refractivity contribution < 1.29 is 14.2 Å². The molecule has 1 aromatic carbocycles. The van der Waals surface area contributed by atoms with Crippen LogP contribution in [-0.4, -0.2) is 62.7 Å². The number of benzene rings is 1. The van der Waals surface area contributed by atoms with Gasteiger partial charge in [0.25, 0.3) is 0 Å². The van der Waals surface area contributed by atoms with Crippen LogP contribution in [0.2, 0.25) is 0 Å². The molecule has 0 aliphatic carbocycles. The largest absolute Gasteiger partial charge is 0.471 e. The predicted molar refractivity (Wildman–Crippen MR) is 157 cm³/mol. The van der Waals surface area contributed by atoms with Crippen molar-refractivity contribution in [1.82, 2.24) is 9.80 Å². The van der Waals surface area contributed by atoms with Crippen molar-refractivity contribution >= 4 is 0 Å². The average Bonchev–Trinajstić information content (AvgIpc) is 2.92. The molecular weight excluding hydrogens is 460 g/mol. The van der Waals surface area contributed by atoms with E-state index in [0.29, 0.717) is 0 Å². The Morgan fingerprint density at radius 1 is 0.622 bits per heavy atom. The van der Waals surface area contributed by atoms with Crippen molar-refractivity contribution in [2.45, 2.75) is 129 Å². The van der Waals surface area contributed by atoms with Crippen LogP contribution in [0.3, 0.4) is 0 Å². The minimum atomic E-state index is 0.0315. The molecule has 2 rings (SSSR count). The number of hydrogen-bond donors (Lipinski definition) is 0. The summed E-state index contributed by atoms with van der Waals surface area (Å²) < 4.78 is 19.3. The molecule has 0 saturated carbocycles. The Balaban J connectivity index is 1.99. The van der Waals surface area contributed by atoms with Crippen LogP contribution in [0.4, 0.5) is 0 Å². The van der Waals surface area contributed by atoms with E-state index in [9.17, 15) is 0 Å². The van der Waals surface area contributed by atoms with E-state index in [4.69, 9.17) is 14.2 Å². The molecule has 2 unspecified atom stereocenters. The van der Waals surface area contributed by atoms with Crippen molar-refractivity contribution in [3.05, 3.63) is 24.3 Å². The third-order valence-corrected chi connectivity index (χ3v) is 7.57. The molecule has 0 saturated heterocycles. The lowest BCUT2D eigenvalue weighted by Crippen LogP contribution is -2.38. The summed E-state index contributed by atoms with van der Waals surface area (Å²) in [5.41, 5.74) is 0. The third kappa shape index (κ3) is 13.9. The van der Waals surface area contributed by atoms with Crippen molar-refractivity contribution in [1.29, 1.82) is 0 Å². The molecule has 1 heterocycles. The van der Waals surface area contributed by atoms with E-state index < -0.39 is 0 Å². The summed E-state index contributed by atoms with van der Waals surface area (Å²) in [6, 6.07) is 8.26. The highest BCUT2D eigenvalue weighted by Crippen LogP contribution is 2.31. The fraction of sp³-hybridized carbons (Fsp3) is 0.812. The zero-order valence-electron chi connectivity index (χ0n) is 24.7. The van der Waals surface area contributed by atoms with Gasteiger partial charge in [-0.05, 0) is 51.9 Å². The average molecular weight is 519 g/mol. The SMILES string of the molecule is CCCCCCCCN(C)C1CCCOCCCC(N(C)CCCCCCCC)Oc2ccccc2O1. The molecule has 0 aromatic heterocycles. The molecular formula is C32H58N2O3. The van der Waals surface area contributed by atoms with Gasteiger partial charge in [0.15, 0.2) is 24.0 Å². The van der Waals surface area contributed by atoms with Crippen LogP contribution in [0.15, 0.2) is 24.3 Å². The Kier molecular flexibility index (Phi) is 17.8. The molecule has 2 atom stereocenters. The summed E-state index contributed by atoms with van der Waals surface area (Å²) in [5.74, 6) is 1.72. The molecule has 1 aliphatic heterocycles. The molecule has 0 bridgehead atoms. The number of ether oxygens (including phenoxy) is 3. The van der Waals surface area contributed by atoms with E-state index in [0.717, 1.165) is 63.5 Å². The van der Waals surface area contributed by atoms with Crippen molar-refractivity contribution in [3.8, 4) is 11.5 Å². The van der Waals surface area contributed by atoms with Gasteiger partial charge in [-0.25, -0.2) is 0 Å². The highest BCUT2D eigenvalue weighted by Gasteiger charge is 2.22. The smallest absolute Gasteiger partial charge is 0.163 e. The van der Waals surface area contributed by atoms with Crippen LogP contribution >= 0.6 is 0 Å². The second-order valence-corrected chi connectivity index (χ2v) is 11.0. The van der Waals surface area contributed by atoms with Gasteiger partial charge in [0.05, 0.1) is 0 Å². The first-order valence-electron chi connectivity index (χ1n) is 15.6. The highest BCUT2D eigenvalue weighted by atomic mass is 16.5. The summed E-state index contributed by atoms with van der Waals surface area (Å²) in [7, 11) is 4.41. The fourth-order valence-electron chi connectivity index (χ4n) is 5.07. The normalized spacial score (nSPS) is 19.4. The highest BCUT2D eigenvalue weighted by molar-refractivity contribution is 5.39. The van der Waals surface area contributed by atoms with Crippen LogP contribution < -0.4 is 9.47 Å². The molecule has 0 spiro atoms. The van der Waals surface area contributed by atoms with Crippen molar-refractivity contribution in [2.24, 2.45) is 0 Å². The maximum absolute atomic E-state index is 6.66. The monoisotopic (exact) mass is 518 g/mol. The number of para-hydroxylation sites is 2. The first-order chi connectivity index (χ1) is 18.2. The van der Waals surface area contributed by atoms with Gasteiger partial charge < -0.3 is 14.2 Å². The van der Waals surface area contributed by atoms with Gasteiger partial charge in [0.1, 0.15) is 0 Å². The third-order valence-electron chi connectivity index (χ3n) is 7.57. The number of hydrogen-bond acceptors (Lipinski definition) is 5. The Hall–Kier alpha value is -1.30. The Labute approximate surface area is 229 Å². The lowest BCUT2D eigenvalue weighted by atomic mass is 10.1. The second kappa shape index (κ2) is 20.6. The van der Waals surface area contributed by atoms with Crippen molar-refractivity contribution in [3.63, 3.8) is 0 Å². The Bertz CT molecular complexity index is 616. The number of fused-ring (bicyclic) bond motifs is 1. The van der Waals surface area contributed by atoms with Gasteiger partial charge in [-0.1, -0.05) is 90.2 Å². The second-order valence-electron chi connectivity index (χ2n) is 11.0. The number of rotatable bonds is 16. The molecule has 0 N–H and O–H groups in total. The molecule has 0 amide bonds. The van der Waals surface area contributed by atoms with Crippen LogP contribution in [0.1, 0.15) is 117 Å². The minimum absolute atomic E-state index is 0.0315. The number of nitrogens with zero attached hydrogens (tertiary/aromatic N) is 2. The predicted octanol–water partition coefficient (Wildman–Crippen LogP) is 8.27. The van der Waals surface area contributed by atoms with E-state index >= 15 is 0 Å². The zero-order chi connectivity index (χ0) is 26.6. The molecule has 5 nitrogen and oxygen atoms in total. The maximum atomic E-state index is 6.66. The van der Waals surface area contributed by atoms with E-state index in [1.165, 1.54) is 77.0 Å². The van der Waals surface area contributed by atoms with Crippen LogP contribution in [0, 0.1) is 0 Å². The lowest BCUT2D eigenvalue weighted by Gasteiger charge is -2.31. The lowest BCUT2D eigenvalue weighted by molar-refractivity contribution is 0.0154. The van der Waals surface area contributed by atoms with Gasteiger partial charge in [-0.3, -0.25) is 9.80 Å². The van der Waals surface area contributed by atoms with Gasteiger partial charge in [0.2, 0.25) is 0 Å². The molecule has 1 aromatic rings. The van der Waals surface area contributed by atoms with Crippen LogP contribution in [-0.2, 0) is 4.74 Å². The van der Waals surface area contributed by atoms with E-state index in [2.05, 4.69) is 62.0 Å². The molecule has 0 fully saturated rings. The Morgan fingerprint density at radius 3 is 1.46 bits per heavy atom. The number of unbranched alkanes of at least 4 members (excludes halogenated alkanes) is 10. The minimum Gasteiger partial charge on any atom is -0.471 e. The topological polar surface area (TPSA) is 34.2 Å². The summed E-state index contributed by atoms with van der Waals surface area (Å²) in [6.45, 7) is 8.27. The van der Waals surface area contributed by atoms with Gasteiger partial charge >= 0.3 is 0 Å². The molecule has 214 valence electrons. The van der Waals surface area contributed by atoms with Crippen LogP contribution in [0.25, 0.3) is 0 Å². The zero-order valence-corrected chi connectivity index (χ0v) is 24.7. The molecule has 37 heavy (non-hydrogen) atoms. The fourth-order valence-corrected chi connectivity index (χ4v) is 5.07. The quantitative estimate of drug-likeness (QED) is 0.206. The van der Waals surface area contributed by atoms with Gasteiger partial charge in [-0.15, -0.1) is 0 Å². The standard InChI is InChI=1S/C32H58N2O3/c1-5-7-9-11-13-17-25-33(3)31-23-19-27-35-28-20-24-32(34(4)26-18-14-12-10-8-6-2)37-30-22-16-15-21-29(30)36-31/h15-16,21-22,31-32H,5-14,17-20,23-28H2,1-4H3. The summed E-state index contributed by atoms with van der Waals surface area (Å²) in [5, 5.41) is 0.